The van der Waals surface area contributed by atoms with E-state index in [9.17, 15) is 0 Å². The molecule has 0 unspecified atom stereocenters. The maximum absolute atomic E-state index is 6.17. The third-order valence-corrected chi connectivity index (χ3v) is 3.21. The summed E-state index contributed by atoms with van der Waals surface area (Å²) < 4.78 is 6.10. The van der Waals surface area contributed by atoms with Gasteiger partial charge in [0.2, 0.25) is 0 Å². The lowest BCUT2D eigenvalue weighted by molar-refractivity contribution is 0.415. The average molecular weight is 325 g/mol. The molecule has 2 aromatic carbocycles. The van der Waals surface area contributed by atoms with Crippen LogP contribution in [0.15, 0.2) is 58.0 Å². The number of methoxy groups -OCH3 is 1. The highest BCUT2D eigenvalue weighted by Gasteiger charge is 2.00. The van der Waals surface area contributed by atoms with E-state index in [1.165, 1.54) is 0 Å². The Hall–Kier alpha value is -1.32. The fourth-order valence-corrected chi connectivity index (χ4v) is 1.91. The van der Waals surface area contributed by atoms with Gasteiger partial charge in [-0.15, -0.1) is 0 Å². The van der Waals surface area contributed by atoms with Crippen molar-refractivity contribution in [2.75, 3.05) is 7.11 Å². The smallest absolute Gasteiger partial charge is 0.136 e. The number of ether oxygens (including phenoxy) is 1. The number of aliphatic imine (C=N–C) groups is 1. The van der Waals surface area contributed by atoms with E-state index < -0.39 is 0 Å². The molecule has 0 amide bonds. The number of nitrogens with zero attached hydrogens (tertiary/aromatic N) is 1. The lowest BCUT2D eigenvalue weighted by Gasteiger charge is -2.01. The molecular weight excluding hydrogens is 314 g/mol. The summed E-state index contributed by atoms with van der Waals surface area (Å²) in [4.78, 5) is 4.35. The third-order valence-electron chi connectivity index (χ3n) is 2.38. The molecule has 0 atom stereocenters. The van der Waals surface area contributed by atoms with Crippen LogP contribution in [-0.2, 0) is 0 Å². The first-order chi connectivity index (χ1) is 8.69. The minimum Gasteiger partial charge on any atom is -0.497 e. The fourth-order valence-electron chi connectivity index (χ4n) is 1.42. The van der Waals surface area contributed by atoms with Crippen LogP contribution in [0.5, 0.6) is 5.75 Å². The standard InChI is InChI=1S/C14H11BrClNO/c1-18-13-8-6-12(7-9-13)17-14(16)10-2-4-11(15)5-3-10/h2-9H,1H3. The van der Waals surface area contributed by atoms with Gasteiger partial charge in [0.05, 0.1) is 12.8 Å². The summed E-state index contributed by atoms with van der Waals surface area (Å²) in [6.07, 6.45) is 0. The Kier molecular flexibility index (Phi) is 4.39. The monoisotopic (exact) mass is 323 g/mol. The Morgan fingerprint density at radius 3 is 2.22 bits per heavy atom. The van der Waals surface area contributed by atoms with Gasteiger partial charge in [-0.25, -0.2) is 4.99 Å². The zero-order chi connectivity index (χ0) is 13.0. The average Bonchev–Trinajstić information content (AvgIpc) is 2.40. The van der Waals surface area contributed by atoms with Crippen LogP contribution in [0.2, 0.25) is 0 Å². The molecule has 0 aromatic heterocycles. The molecular formula is C14H11BrClNO. The number of hydrogen-bond donors (Lipinski definition) is 0. The van der Waals surface area contributed by atoms with E-state index >= 15 is 0 Å². The lowest BCUT2D eigenvalue weighted by atomic mass is 10.2. The molecule has 4 heteroatoms. The second-order valence-corrected chi connectivity index (χ2v) is 4.88. The van der Waals surface area contributed by atoms with Gasteiger partial charge in [0, 0.05) is 10.0 Å². The quantitative estimate of drug-likeness (QED) is 0.745. The van der Waals surface area contributed by atoms with Crippen molar-refractivity contribution in [3.8, 4) is 5.75 Å². The van der Waals surface area contributed by atoms with Crippen molar-refractivity contribution in [3.05, 3.63) is 58.6 Å². The molecule has 18 heavy (non-hydrogen) atoms. The van der Waals surface area contributed by atoms with Crippen molar-refractivity contribution in [2.24, 2.45) is 4.99 Å². The van der Waals surface area contributed by atoms with E-state index in [4.69, 9.17) is 16.3 Å². The molecule has 0 N–H and O–H groups in total. The van der Waals surface area contributed by atoms with Gasteiger partial charge in [0.25, 0.3) is 0 Å². The largest absolute Gasteiger partial charge is 0.497 e. The van der Waals surface area contributed by atoms with E-state index in [0.717, 1.165) is 21.5 Å². The van der Waals surface area contributed by atoms with Gasteiger partial charge in [-0.1, -0.05) is 39.7 Å². The number of benzene rings is 2. The molecule has 0 spiro atoms. The minimum absolute atomic E-state index is 0.465. The maximum Gasteiger partial charge on any atom is 0.136 e. The molecule has 2 aromatic rings. The Balaban J connectivity index is 2.23. The second kappa shape index (κ2) is 6.03. The van der Waals surface area contributed by atoms with E-state index in [2.05, 4.69) is 20.9 Å². The summed E-state index contributed by atoms with van der Waals surface area (Å²) in [5, 5.41) is 0.465. The number of hydrogen-bond acceptors (Lipinski definition) is 2. The van der Waals surface area contributed by atoms with E-state index in [1.54, 1.807) is 7.11 Å². The highest BCUT2D eigenvalue weighted by atomic mass is 79.9. The number of halogens is 2. The van der Waals surface area contributed by atoms with Crippen molar-refractivity contribution in [1.82, 2.24) is 0 Å². The molecule has 0 bridgehead atoms. The van der Waals surface area contributed by atoms with E-state index in [-0.39, 0.29) is 0 Å². The first-order valence-electron chi connectivity index (χ1n) is 5.33. The van der Waals surface area contributed by atoms with Crippen LogP contribution in [0.4, 0.5) is 5.69 Å². The summed E-state index contributed by atoms with van der Waals surface area (Å²) in [7, 11) is 1.63. The normalized spacial score (nSPS) is 11.4. The van der Waals surface area contributed by atoms with Gasteiger partial charge in [0.1, 0.15) is 10.9 Å². The summed E-state index contributed by atoms with van der Waals surface area (Å²) in [6.45, 7) is 0. The first kappa shape index (κ1) is 13.1. The number of rotatable bonds is 3. The topological polar surface area (TPSA) is 21.6 Å². The van der Waals surface area contributed by atoms with Crippen LogP contribution in [0.3, 0.4) is 0 Å². The molecule has 92 valence electrons. The summed E-state index contributed by atoms with van der Waals surface area (Å²) in [5.41, 5.74) is 1.68. The molecule has 2 rings (SSSR count). The highest BCUT2D eigenvalue weighted by Crippen LogP contribution is 2.20. The van der Waals surface area contributed by atoms with Crippen LogP contribution >= 0.6 is 27.5 Å². The van der Waals surface area contributed by atoms with Crippen LogP contribution in [0, 0.1) is 0 Å². The summed E-state index contributed by atoms with van der Waals surface area (Å²) in [6, 6.07) is 15.1. The van der Waals surface area contributed by atoms with Gasteiger partial charge in [-0.3, -0.25) is 0 Å². The third kappa shape index (κ3) is 3.34. The van der Waals surface area contributed by atoms with Crippen LogP contribution in [0.25, 0.3) is 0 Å². The van der Waals surface area contributed by atoms with Crippen molar-refractivity contribution < 1.29 is 4.74 Å². The van der Waals surface area contributed by atoms with Crippen molar-refractivity contribution in [3.63, 3.8) is 0 Å². The minimum atomic E-state index is 0.465. The molecule has 0 heterocycles. The zero-order valence-corrected chi connectivity index (χ0v) is 12.1. The highest BCUT2D eigenvalue weighted by molar-refractivity contribution is 9.10. The van der Waals surface area contributed by atoms with Crippen LogP contribution in [0.1, 0.15) is 5.56 Å². The van der Waals surface area contributed by atoms with E-state index in [0.29, 0.717) is 5.17 Å². The second-order valence-electron chi connectivity index (χ2n) is 3.61. The molecule has 0 saturated carbocycles. The SMILES string of the molecule is COc1ccc(N=C(Cl)c2ccc(Br)cc2)cc1. The van der Waals surface area contributed by atoms with Gasteiger partial charge in [0.15, 0.2) is 0 Å². The molecule has 0 aliphatic heterocycles. The lowest BCUT2D eigenvalue weighted by Crippen LogP contribution is -1.89. The summed E-state index contributed by atoms with van der Waals surface area (Å²) >= 11 is 9.55. The molecule has 0 radical (unpaired) electrons. The van der Waals surface area contributed by atoms with Gasteiger partial charge >= 0.3 is 0 Å². The first-order valence-corrected chi connectivity index (χ1v) is 6.50. The van der Waals surface area contributed by atoms with Crippen LogP contribution in [-0.4, -0.2) is 12.3 Å². The Bertz CT molecular complexity index is 549. The van der Waals surface area contributed by atoms with Crippen LogP contribution < -0.4 is 4.74 Å². The zero-order valence-electron chi connectivity index (χ0n) is 9.73. The predicted octanol–water partition coefficient (Wildman–Crippen LogP) is 4.77. The predicted molar refractivity (Wildman–Crippen MR) is 79.2 cm³/mol. The Labute approximate surface area is 119 Å². The molecule has 2 nitrogen and oxygen atoms in total. The van der Waals surface area contributed by atoms with Gasteiger partial charge in [-0.05, 0) is 36.4 Å². The Morgan fingerprint density at radius 1 is 1.06 bits per heavy atom. The Morgan fingerprint density at radius 2 is 1.67 bits per heavy atom. The van der Waals surface area contributed by atoms with Gasteiger partial charge < -0.3 is 4.74 Å². The van der Waals surface area contributed by atoms with Crippen molar-refractivity contribution >= 4 is 38.4 Å². The molecule has 0 aliphatic rings. The molecule has 0 saturated heterocycles. The van der Waals surface area contributed by atoms with Crippen molar-refractivity contribution in [2.45, 2.75) is 0 Å². The van der Waals surface area contributed by atoms with Crippen molar-refractivity contribution in [1.29, 1.82) is 0 Å². The van der Waals surface area contributed by atoms with Gasteiger partial charge in [-0.2, -0.15) is 0 Å². The summed E-state index contributed by atoms with van der Waals surface area (Å²) in [5.74, 6) is 0.800. The molecule has 0 aliphatic carbocycles. The maximum atomic E-state index is 6.17. The van der Waals surface area contributed by atoms with E-state index in [1.807, 2.05) is 48.5 Å². The fraction of sp³-hybridized carbons (Fsp3) is 0.0714. The molecule has 0 fully saturated rings.